The van der Waals surface area contributed by atoms with Gasteiger partial charge < -0.3 is 15.2 Å². The van der Waals surface area contributed by atoms with Crippen LogP contribution in [-0.4, -0.2) is 67.7 Å². The van der Waals surface area contributed by atoms with E-state index in [-0.39, 0.29) is 30.3 Å². The number of para-hydroxylation sites is 1. The molecule has 1 aliphatic rings. The van der Waals surface area contributed by atoms with Crippen LogP contribution in [0.5, 0.6) is 0 Å². The first-order valence-corrected chi connectivity index (χ1v) is 16.9. The summed E-state index contributed by atoms with van der Waals surface area (Å²) in [5, 5.41) is 14.2. The maximum Gasteiger partial charge on any atom is 0.418 e. The summed E-state index contributed by atoms with van der Waals surface area (Å²) in [5.74, 6) is -0.880. The topological polar surface area (TPSA) is 116 Å². The zero-order valence-electron chi connectivity index (χ0n) is 26.5. The number of hydrogen-bond acceptors (Lipinski definition) is 6. The molecule has 0 unspecified atom stereocenters. The minimum Gasteiger partial charge on any atom is -0.434 e. The minimum atomic E-state index is -4.75. The first kappa shape index (κ1) is 35.9. The summed E-state index contributed by atoms with van der Waals surface area (Å²) in [6, 6.07) is 18.9. The average Bonchev–Trinajstić information content (AvgIpc) is 3.45. The molecule has 2 N–H and O–H groups in total. The Morgan fingerprint density at radius 1 is 1.00 bits per heavy atom. The summed E-state index contributed by atoms with van der Waals surface area (Å²) < 4.78 is 75.0. The van der Waals surface area contributed by atoms with Crippen molar-refractivity contribution in [1.29, 1.82) is 0 Å². The molecule has 2 amide bonds. The quantitative estimate of drug-likeness (QED) is 0.236. The second-order valence-corrected chi connectivity index (χ2v) is 13.6. The number of aliphatic hydroxyl groups is 1. The van der Waals surface area contributed by atoms with E-state index in [0.29, 0.717) is 6.42 Å². The minimum absolute atomic E-state index is 0.0440. The number of cyclic esters (lactones) is 1. The highest BCUT2D eigenvalue weighted by Crippen LogP contribution is 2.38. The molecule has 1 heterocycles. The van der Waals surface area contributed by atoms with Crippen LogP contribution >= 0.6 is 0 Å². The number of aryl methyl sites for hydroxylation is 1. The van der Waals surface area contributed by atoms with Gasteiger partial charge in [0.25, 0.3) is 5.91 Å². The maximum atomic E-state index is 13.8. The van der Waals surface area contributed by atoms with Gasteiger partial charge in [-0.15, -0.1) is 0 Å². The summed E-state index contributed by atoms with van der Waals surface area (Å²) in [4.78, 5) is 27.0. The fourth-order valence-electron chi connectivity index (χ4n) is 5.30. The highest BCUT2D eigenvalue weighted by Gasteiger charge is 2.43. The second-order valence-electron chi connectivity index (χ2n) is 11.7. The highest BCUT2D eigenvalue weighted by molar-refractivity contribution is 7.89. The number of ether oxygens (including phenoxy) is 1. The van der Waals surface area contributed by atoms with Crippen LogP contribution in [0.1, 0.15) is 43.9 Å². The van der Waals surface area contributed by atoms with Crippen molar-refractivity contribution in [3.63, 3.8) is 0 Å². The number of carbonyl (C=O) groups excluding carboxylic acids is 2. The van der Waals surface area contributed by atoms with Crippen LogP contribution in [0, 0.1) is 5.92 Å². The van der Waals surface area contributed by atoms with Gasteiger partial charge >= 0.3 is 12.3 Å². The molecule has 4 atom stereocenters. The fourth-order valence-corrected chi connectivity index (χ4v) is 6.88. The third-order valence-corrected chi connectivity index (χ3v) is 10.1. The van der Waals surface area contributed by atoms with Crippen LogP contribution in [0.2, 0.25) is 0 Å². The zero-order valence-corrected chi connectivity index (χ0v) is 27.3. The molecule has 0 aliphatic carbocycles. The summed E-state index contributed by atoms with van der Waals surface area (Å²) in [5.41, 5.74) is 0.199. The highest BCUT2D eigenvalue weighted by atomic mass is 32.2. The number of carbonyl (C=O) groups is 2. The number of nitrogens with zero attached hydrogens (tertiary/aromatic N) is 2. The number of benzene rings is 3. The average molecular weight is 676 g/mol. The largest absolute Gasteiger partial charge is 0.434 e. The van der Waals surface area contributed by atoms with E-state index in [0.717, 1.165) is 34.6 Å². The van der Waals surface area contributed by atoms with Gasteiger partial charge in [0.1, 0.15) is 0 Å². The lowest BCUT2D eigenvalue weighted by atomic mass is 10.0. The van der Waals surface area contributed by atoms with Gasteiger partial charge in [-0.2, -0.15) is 17.5 Å². The number of rotatable bonds is 14. The van der Waals surface area contributed by atoms with E-state index in [1.807, 2.05) is 20.8 Å². The zero-order chi connectivity index (χ0) is 34.4. The first-order chi connectivity index (χ1) is 22.2. The molecule has 0 bridgehead atoms. The van der Waals surface area contributed by atoms with E-state index in [2.05, 4.69) is 5.32 Å². The van der Waals surface area contributed by atoms with E-state index < -0.39 is 64.2 Å². The summed E-state index contributed by atoms with van der Waals surface area (Å²) in [7, 11) is -4.05. The summed E-state index contributed by atoms with van der Waals surface area (Å²) in [6.45, 7) is 5.06. The van der Waals surface area contributed by atoms with Gasteiger partial charge in [0, 0.05) is 13.1 Å². The Hall–Kier alpha value is -3.94. The second kappa shape index (κ2) is 15.3. The van der Waals surface area contributed by atoms with Gasteiger partial charge in [-0.3, -0.25) is 9.69 Å². The SMILES string of the molecule is CCc1ccc(S(=O)(=O)N(C[C@@H](C)CC)C[C@@H](O)[C@H](Cc2ccccc2)NC(=O)[C@@H]2CN(c3ccccc3C(F)(F)F)C(=O)O2)cc1. The lowest BCUT2D eigenvalue weighted by molar-refractivity contribution is -0.137. The van der Waals surface area contributed by atoms with Gasteiger partial charge in [0.15, 0.2) is 6.10 Å². The lowest BCUT2D eigenvalue weighted by Gasteiger charge is -2.31. The van der Waals surface area contributed by atoms with Crippen molar-refractivity contribution in [2.45, 2.75) is 69.4 Å². The van der Waals surface area contributed by atoms with Crippen LogP contribution in [0.4, 0.5) is 23.7 Å². The lowest BCUT2D eigenvalue weighted by Crippen LogP contribution is -2.53. The molecule has 0 spiro atoms. The molecule has 254 valence electrons. The predicted octanol–water partition coefficient (Wildman–Crippen LogP) is 5.42. The molecule has 1 fully saturated rings. The van der Waals surface area contributed by atoms with Gasteiger partial charge in [-0.25, -0.2) is 13.2 Å². The van der Waals surface area contributed by atoms with Crippen molar-refractivity contribution in [3.8, 4) is 0 Å². The molecule has 4 rings (SSSR count). The van der Waals surface area contributed by atoms with Crippen LogP contribution in [0.25, 0.3) is 0 Å². The monoisotopic (exact) mass is 675 g/mol. The molecular formula is C34H40F3N3O6S. The van der Waals surface area contributed by atoms with Crippen molar-refractivity contribution in [1.82, 2.24) is 9.62 Å². The maximum absolute atomic E-state index is 13.8. The standard InChI is InChI=1S/C34H40F3N3O6S/c1-4-23(3)20-39(47(44,45)26-17-15-24(5-2)16-18-26)21-30(41)28(19-25-11-7-6-8-12-25)38-32(42)31-22-40(33(43)46-31)29-14-10-9-13-27(29)34(35,36)37/h6-18,23,28,30-31,41H,4-5,19-22H2,1-3H3,(H,38,42)/t23-,28-,30+,31-/m0/s1. The van der Waals surface area contributed by atoms with Gasteiger partial charge in [-0.1, -0.05) is 81.8 Å². The van der Waals surface area contributed by atoms with Crippen LogP contribution < -0.4 is 10.2 Å². The van der Waals surface area contributed by atoms with E-state index in [4.69, 9.17) is 4.74 Å². The number of halogens is 3. The van der Waals surface area contributed by atoms with Crippen LogP contribution in [-0.2, 0) is 38.6 Å². The number of aliphatic hydroxyl groups excluding tert-OH is 1. The smallest absolute Gasteiger partial charge is 0.418 e. The third-order valence-electron chi connectivity index (χ3n) is 8.27. The predicted molar refractivity (Wildman–Crippen MR) is 171 cm³/mol. The Bertz CT molecular complexity index is 1620. The fraction of sp³-hybridized carbons (Fsp3) is 0.412. The third kappa shape index (κ3) is 8.91. The number of anilines is 1. The van der Waals surface area contributed by atoms with Crippen molar-refractivity contribution in [2.24, 2.45) is 5.92 Å². The van der Waals surface area contributed by atoms with Gasteiger partial charge in [0.2, 0.25) is 10.0 Å². The Kier molecular flexibility index (Phi) is 11.7. The van der Waals surface area contributed by atoms with Crippen LogP contribution in [0.15, 0.2) is 83.8 Å². The van der Waals surface area contributed by atoms with E-state index >= 15 is 0 Å². The molecule has 1 aliphatic heterocycles. The molecule has 0 radical (unpaired) electrons. The molecule has 13 heteroatoms. The molecule has 3 aromatic rings. The van der Waals surface area contributed by atoms with Crippen molar-refractivity contribution < 1.29 is 41.0 Å². The number of hydrogen-bond donors (Lipinski definition) is 2. The van der Waals surface area contributed by atoms with Crippen molar-refractivity contribution in [2.75, 3.05) is 24.5 Å². The molecular weight excluding hydrogens is 635 g/mol. The van der Waals surface area contributed by atoms with Crippen LogP contribution in [0.3, 0.4) is 0 Å². The van der Waals surface area contributed by atoms with Crippen molar-refractivity contribution >= 4 is 27.7 Å². The molecule has 0 aromatic heterocycles. The Morgan fingerprint density at radius 2 is 1.64 bits per heavy atom. The first-order valence-electron chi connectivity index (χ1n) is 15.5. The Morgan fingerprint density at radius 3 is 2.26 bits per heavy atom. The van der Waals surface area contributed by atoms with Gasteiger partial charge in [-0.05, 0) is 54.2 Å². The number of sulfonamides is 1. The summed E-state index contributed by atoms with van der Waals surface area (Å²) in [6.07, 6.45) is -7.25. The Labute approximate surface area is 273 Å². The Balaban J connectivity index is 1.58. The van der Waals surface area contributed by atoms with Crippen molar-refractivity contribution in [3.05, 3.63) is 95.6 Å². The van der Waals surface area contributed by atoms with E-state index in [9.17, 15) is 36.3 Å². The molecule has 47 heavy (non-hydrogen) atoms. The number of nitrogens with one attached hydrogen (secondary N) is 1. The molecule has 3 aromatic carbocycles. The molecule has 1 saturated heterocycles. The van der Waals surface area contributed by atoms with Gasteiger partial charge in [0.05, 0.1) is 34.8 Å². The normalized spacial score (nSPS) is 17.3. The summed E-state index contributed by atoms with van der Waals surface area (Å²) >= 11 is 0. The number of amides is 2. The van der Waals surface area contributed by atoms with E-state index in [1.165, 1.54) is 28.6 Å². The molecule has 9 nitrogen and oxygen atoms in total. The van der Waals surface area contributed by atoms with E-state index in [1.54, 1.807) is 42.5 Å². The number of alkyl halides is 3. The molecule has 0 saturated carbocycles.